The fraction of sp³-hybridized carbons (Fsp3) is 0.0435. The van der Waals surface area contributed by atoms with Gasteiger partial charge < -0.3 is 4.57 Å². The highest BCUT2D eigenvalue weighted by molar-refractivity contribution is 9.10. The zero-order valence-electron chi connectivity index (χ0n) is 15.3. The van der Waals surface area contributed by atoms with Gasteiger partial charge in [0, 0.05) is 33.7 Å². The van der Waals surface area contributed by atoms with Gasteiger partial charge in [-0.05, 0) is 51.8 Å². The molecule has 0 spiro atoms. The van der Waals surface area contributed by atoms with Crippen LogP contribution in [0.5, 0.6) is 0 Å². The number of halogens is 2. The maximum atomic E-state index is 13.2. The van der Waals surface area contributed by atoms with Gasteiger partial charge >= 0.3 is 0 Å². The Morgan fingerprint density at radius 3 is 2.55 bits per heavy atom. The minimum atomic E-state index is -0.288. The Hall–Kier alpha value is -3.25. The number of fused-ring (bicyclic) bond motifs is 1. The van der Waals surface area contributed by atoms with Crippen molar-refractivity contribution in [3.63, 3.8) is 0 Å². The Morgan fingerprint density at radius 2 is 1.76 bits per heavy atom. The molecule has 0 atom stereocenters. The van der Waals surface area contributed by atoms with Gasteiger partial charge in [-0.15, -0.1) is 0 Å². The molecule has 144 valence electrons. The molecule has 4 nitrogen and oxygen atoms in total. The molecule has 6 heteroatoms. The van der Waals surface area contributed by atoms with Crippen LogP contribution in [-0.4, -0.2) is 16.7 Å². The molecule has 29 heavy (non-hydrogen) atoms. The third-order valence-electron chi connectivity index (χ3n) is 4.57. The van der Waals surface area contributed by atoms with Crippen LogP contribution in [0.1, 0.15) is 21.5 Å². The highest BCUT2D eigenvalue weighted by Gasteiger charge is 2.09. The molecular weight excluding hydrogens is 433 g/mol. The number of aromatic nitrogens is 1. The summed E-state index contributed by atoms with van der Waals surface area (Å²) in [4.78, 5) is 12.3. The number of hydrazone groups is 1. The molecule has 3 aromatic carbocycles. The molecule has 1 amide bonds. The molecule has 4 rings (SSSR count). The number of hydrogen-bond donors (Lipinski definition) is 1. The summed E-state index contributed by atoms with van der Waals surface area (Å²) < 4.78 is 16.0. The number of benzene rings is 3. The lowest BCUT2D eigenvalue weighted by Gasteiger charge is -2.05. The summed E-state index contributed by atoms with van der Waals surface area (Å²) in [5.74, 6) is -0.538. The van der Waals surface area contributed by atoms with Crippen LogP contribution in [0.2, 0.25) is 0 Å². The largest absolute Gasteiger partial charge is 0.342 e. The van der Waals surface area contributed by atoms with E-state index in [0.717, 1.165) is 22.0 Å². The summed E-state index contributed by atoms with van der Waals surface area (Å²) in [5.41, 5.74) is 6.00. The van der Waals surface area contributed by atoms with E-state index >= 15 is 0 Å². The number of hydrogen-bond acceptors (Lipinski definition) is 2. The lowest BCUT2D eigenvalue weighted by molar-refractivity contribution is 0.0954. The van der Waals surface area contributed by atoms with Crippen molar-refractivity contribution in [1.82, 2.24) is 9.99 Å². The van der Waals surface area contributed by atoms with Gasteiger partial charge in [0.25, 0.3) is 5.91 Å². The normalized spacial score (nSPS) is 11.2. The second-order valence-electron chi connectivity index (χ2n) is 6.53. The minimum Gasteiger partial charge on any atom is -0.342 e. The van der Waals surface area contributed by atoms with Crippen molar-refractivity contribution in [2.45, 2.75) is 6.54 Å². The Bertz CT molecular complexity index is 1200. The molecule has 1 aromatic heterocycles. The van der Waals surface area contributed by atoms with Gasteiger partial charge in [0.15, 0.2) is 0 Å². The monoisotopic (exact) mass is 449 g/mol. The number of carbonyl (C=O) groups is 1. The Morgan fingerprint density at radius 1 is 1.03 bits per heavy atom. The second-order valence-corrected chi connectivity index (χ2v) is 7.39. The third kappa shape index (κ3) is 4.27. The van der Waals surface area contributed by atoms with Crippen molar-refractivity contribution in [3.05, 3.63) is 106 Å². The predicted octanol–water partition coefficient (Wildman–Crippen LogP) is 5.36. The van der Waals surface area contributed by atoms with E-state index in [4.69, 9.17) is 0 Å². The van der Waals surface area contributed by atoms with Crippen LogP contribution in [0.3, 0.4) is 0 Å². The SMILES string of the molecule is O=C(N/N=C\c1cn(Cc2ccc(F)cc2)c2ccccc12)c1ccccc1Br. The van der Waals surface area contributed by atoms with Gasteiger partial charge in [0.2, 0.25) is 0 Å². The Labute approximate surface area is 175 Å². The van der Waals surface area contributed by atoms with Crippen LogP contribution < -0.4 is 5.43 Å². The molecule has 0 saturated heterocycles. The van der Waals surface area contributed by atoms with Crippen molar-refractivity contribution < 1.29 is 9.18 Å². The molecule has 0 saturated carbocycles. The van der Waals surface area contributed by atoms with Crippen molar-refractivity contribution in [2.75, 3.05) is 0 Å². The summed E-state index contributed by atoms with van der Waals surface area (Å²) in [5, 5.41) is 5.15. The average molecular weight is 450 g/mol. The zero-order valence-corrected chi connectivity index (χ0v) is 16.9. The van der Waals surface area contributed by atoms with E-state index in [1.807, 2.05) is 42.6 Å². The fourth-order valence-electron chi connectivity index (χ4n) is 3.16. The van der Waals surface area contributed by atoms with E-state index in [9.17, 15) is 9.18 Å². The van der Waals surface area contributed by atoms with Crippen molar-refractivity contribution in [1.29, 1.82) is 0 Å². The molecule has 0 aliphatic carbocycles. The van der Waals surface area contributed by atoms with Crippen LogP contribution in [0.15, 0.2) is 88.6 Å². The van der Waals surface area contributed by atoms with E-state index in [2.05, 4.69) is 31.0 Å². The highest BCUT2D eigenvalue weighted by Crippen LogP contribution is 2.21. The van der Waals surface area contributed by atoms with Gasteiger partial charge in [-0.3, -0.25) is 4.79 Å². The fourth-order valence-corrected chi connectivity index (χ4v) is 3.63. The van der Waals surface area contributed by atoms with E-state index < -0.39 is 0 Å². The first-order valence-corrected chi connectivity index (χ1v) is 9.81. The zero-order chi connectivity index (χ0) is 20.2. The maximum absolute atomic E-state index is 13.2. The Balaban J connectivity index is 1.57. The first-order chi connectivity index (χ1) is 14.1. The number of para-hydroxylation sites is 1. The van der Waals surface area contributed by atoms with E-state index in [1.54, 1.807) is 30.5 Å². The van der Waals surface area contributed by atoms with Crippen molar-refractivity contribution in [2.24, 2.45) is 5.10 Å². The van der Waals surface area contributed by atoms with Crippen molar-refractivity contribution >= 4 is 39.0 Å². The van der Waals surface area contributed by atoms with Gasteiger partial charge in [-0.25, -0.2) is 9.82 Å². The molecule has 1 N–H and O–H groups in total. The molecule has 4 aromatic rings. The van der Waals surface area contributed by atoms with Crippen LogP contribution >= 0.6 is 15.9 Å². The first-order valence-electron chi connectivity index (χ1n) is 9.02. The first kappa shape index (κ1) is 19.1. The smallest absolute Gasteiger partial charge is 0.272 e. The van der Waals surface area contributed by atoms with Gasteiger partial charge in [-0.1, -0.05) is 42.5 Å². The predicted molar refractivity (Wildman–Crippen MR) is 117 cm³/mol. The molecule has 0 aliphatic heterocycles. The number of amides is 1. The van der Waals surface area contributed by atoms with Crippen LogP contribution in [0.4, 0.5) is 4.39 Å². The number of carbonyl (C=O) groups excluding carboxylic acids is 1. The quantitative estimate of drug-likeness (QED) is 0.323. The molecule has 0 aliphatic rings. The number of nitrogens with zero attached hydrogens (tertiary/aromatic N) is 2. The standard InChI is InChI=1S/C23H17BrFN3O/c24-21-7-3-1-6-20(21)23(29)27-26-13-17-15-28(22-8-4-2-5-19(17)22)14-16-9-11-18(25)12-10-16/h1-13,15H,14H2,(H,27,29)/b26-13-. The van der Waals surface area contributed by atoms with Gasteiger partial charge in [0.05, 0.1) is 11.8 Å². The van der Waals surface area contributed by atoms with Crippen molar-refractivity contribution in [3.8, 4) is 0 Å². The summed E-state index contributed by atoms with van der Waals surface area (Å²) in [6, 6.07) is 21.6. The van der Waals surface area contributed by atoms with Crippen LogP contribution in [0.25, 0.3) is 10.9 Å². The molecule has 0 radical (unpaired) electrons. The summed E-state index contributed by atoms with van der Waals surface area (Å²) >= 11 is 3.37. The highest BCUT2D eigenvalue weighted by atomic mass is 79.9. The minimum absolute atomic E-state index is 0.250. The lowest BCUT2D eigenvalue weighted by atomic mass is 10.2. The Kier molecular flexibility index (Phi) is 5.53. The van der Waals surface area contributed by atoms with Gasteiger partial charge in [0.1, 0.15) is 5.82 Å². The molecule has 0 bridgehead atoms. The van der Waals surface area contributed by atoms with E-state index in [1.165, 1.54) is 12.1 Å². The molecule has 0 fully saturated rings. The van der Waals surface area contributed by atoms with E-state index in [0.29, 0.717) is 16.6 Å². The van der Waals surface area contributed by atoms with E-state index in [-0.39, 0.29) is 11.7 Å². The summed E-state index contributed by atoms with van der Waals surface area (Å²) in [6.07, 6.45) is 3.61. The molecule has 0 unspecified atom stereocenters. The molecular formula is C23H17BrFN3O. The third-order valence-corrected chi connectivity index (χ3v) is 5.27. The van der Waals surface area contributed by atoms with Crippen LogP contribution in [0, 0.1) is 5.82 Å². The molecule has 1 heterocycles. The second kappa shape index (κ2) is 8.41. The summed E-state index contributed by atoms with van der Waals surface area (Å²) in [7, 11) is 0. The van der Waals surface area contributed by atoms with Gasteiger partial charge in [-0.2, -0.15) is 5.10 Å². The lowest BCUT2D eigenvalue weighted by Crippen LogP contribution is -2.18. The number of nitrogens with one attached hydrogen (secondary N) is 1. The topological polar surface area (TPSA) is 46.4 Å². The maximum Gasteiger partial charge on any atom is 0.272 e. The van der Waals surface area contributed by atoms with Crippen LogP contribution in [-0.2, 0) is 6.54 Å². The number of rotatable bonds is 5. The average Bonchev–Trinajstić information content (AvgIpc) is 3.08. The summed E-state index contributed by atoms with van der Waals surface area (Å²) in [6.45, 7) is 0.609.